The maximum Gasteiger partial charge on any atom is 0.0743 e. The Morgan fingerprint density at radius 1 is 1.67 bits per heavy atom. The van der Waals surface area contributed by atoms with Gasteiger partial charge in [-0.15, -0.1) is 0 Å². The second kappa shape index (κ2) is 3.44. The molecule has 0 aromatic carbocycles. The van der Waals surface area contributed by atoms with Crippen molar-refractivity contribution in [3.8, 4) is 0 Å². The molecular formula is C6H13NOS. The first-order chi connectivity index (χ1) is 4.38. The third-order valence-corrected chi connectivity index (χ3v) is 2.28. The topological polar surface area (TPSA) is 21.3 Å². The molecule has 9 heavy (non-hydrogen) atoms. The highest BCUT2D eigenvalue weighted by atomic mass is 32.1. The van der Waals surface area contributed by atoms with E-state index >= 15 is 0 Å². The number of hydrogen-bond acceptors (Lipinski definition) is 3. The Morgan fingerprint density at radius 3 is 2.89 bits per heavy atom. The van der Waals surface area contributed by atoms with Crippen LogP contribution in [0, 0.1) is 5.92 Å². The van der Waals surface area contributed by atoms with Crippen molar-refractivity contribution in [3.05, 3.63) is 0 Å². The maximum absolute atomic E-state index is 5.20. The lowest BCUT2D eigenvalue weighted by Crippen LogP contribution is -2.21. The van der Waals surface area contributed by atoms with E-state index in [1.807, 2.05) is 0 Å². The van der Waals surface area contributed by atoms with E-state index in [1.165, 1.54) is 0 Å². The first kappa shape index (κ1) is 7.38. The minimum atomic E-state index is 0.391. The third kappa shape index (κ3) is 1.60. The monoisotopic (exact) mass is 147 g/mol. The van der Waals surface area contributed by atoms with E-state index in [-0.39, 0.29) is 0 Å². The zero-order chi connectivity index (χ0) is 6.69. The molecular weight excluding hydrogens is 134 g/mol. The second-order valence-corrected chi connectivity index (χ2v) is 2.74. The van der Waals surface area contributed by atoms with Crippen LogP contribution in [0.2, 0.25) is 0 Å². The van der Waals surface area contributed by atoms with Crippen LogP contribution in [0.15, 0.2) is 0 Å². The molecule has 1 aliphatic rings. The summed E-state index contributed by atoms with van der Waals surface area (Å²) < 4.78 is 5.20. The summed E-state index contributed by atoms with van der Waals surface area (Å²) in [4.78, 5) is 0. The fourth-order valence-corrected chi connectivity index (χ4v) is 1.53. The largest absolute Gasteiger partial charge is 0.380 e. The van der Waals surface area contributed by atoms with Crippen molar-refractivity contribution in [2.24, 2.45) is 5.92 Å². The predicted octanol–water partition coefficient (Wildman–Crippen LogP) is 0.151. The molecule has 2 atom stereocenters. The Labute approximate surface area is 61.4 Å². The summed E-state index contributed by atoms with van der Waals surface area (Å²) in [5.74, 6) is 1.53. The number of thiol groups is 1. The summed E-state index contributed by atoms with van der Waals surface area (Å²) in [5, 5.41) is 3.25. The number of rotatable bonds is 2. The lowest BCUT2D eigenvalue weighted by atomic mass is 10.1. The van der Waals surface area contributed by atoms with E-state index in [9.17, 15) is 0 Å². The molecule has 1 N–H and O–H groups in total. The third-order valence-electron chi connectivity index (χ3n) is 1.82. The zero-order valence-electron chi connectivity index (χ0n) is 5.63. The summed E-state index contributed by atoms with van der Waals surface area (Å²) >= 11 is 4.21. The molecule has 0 saturated carbocycles. The van der Waals surface area contributed by atoms with Gasteiger partial charge in [0.05, 0.1) is 6.10 Å². The second-order valence-electron chi connectivity index (χ2n) is 2.38. The van der Waals surface area contributed by atoms with Crippen molar-refractivity contribution in [2.75, 3.05) is 26.0 Å². The number of hydrogen-bond donors (Lipinski definition) is 2. The van der Waals surface area contributed by atoms with E-state index in [1.54, 1.807) is 7.11 Å². The molecule has 2 unspecified atom stereocenters. The molecule has 0 radical (unpaired) electrons. The Morgan fingerprint density at radius 2 is 2.44 bits per heavy atom. The van der Waals surface area contributed by atoms with Crippen molar-refractivity contribution in [1.82, 2.24) is 5.32 Å². The number of ether oxygens (including phenoxy) is 1. The molecule has 0 aliphatic carbocycles. The Balaban J connectivity index is 2.32. The van der Waals surface area contributed by atoms with Crippen LogP contribution in [0.4, 0.5) is 0 Å². The Kier molecular flexibility index (Phi) is 2.82. The Bertz CT molecular complexity index is 79.1. The lowest BCUT2D eigenvalue weighted by molar-refractivity contribution is 0.0908. The molecule has 0 amide bonds. The highest BCUT2D eigenvalue weighted by Gasteiger charge is 2.24. The van der Waals surface area contributed by atoms with Gasteiger partial charge in [-0.2, -0.15) is 12.6 Å². The fraction of sp³-hybridized carbons (Fsp3) is 1.00. The molecule has 0 spiro atoms. The first-order valence-corrected chi connectivity index (χ1v) is 3.86. The van der Waals surface area contributed by atoms with Crippen LogP contribution in [0.1, 0.15) is 0 Å². The van der Waals surface area contributed by atoms with E-state index in [2.05, 4.69) is 17.9 Å². The molecule has 0 aromatic rings. The molecule has 1 saturated heterocycles. The number of nitrogens with one attached hydrogen (secondary N) is 1. The quantitative estimate of drug-likeness (QED) is 0.543. The summed E-state index contributed by atoms with van der Waals surface area (Å²) in [6.45, 7) is 2.05. The minimum Gasteiger partial charge on any atom is -0.380 e. The molecule has 0 bridgehead atoms. The van der Waals surface area contributed by atoms with Gasteiger partial charge < -0.3 is 10.1 Å². The van der Waals surface area contributed by atoms with Crippen molar-refractivity contribution in [3.63, 3.8) is 0 Å². The van der Waals surface area contributed by atoms with Gasteiger partial charge in [-0.1, -0.05) is 0 Å². The smallest absolute Gasteiger partial charge is 0.0743 e. The lowest BCUT2D eigenvalue weighted by Gasteiger charge is -2.13. The van der Waals surface area contributed by atoms with Crippen molar-refractivity contribution in [2.45, 2.75) is 6.10 Å². The standard InChI is InChI=1S/C6H13NOS/c1-8-6-3-7-2-5(6)4-9/h5-7,9H,2-4H2,1H3. The Hall–Kier alpha value is 0.270. The van der Waals surface area contributed by atoms with Crippen molar-refractivity contribution < 1.29 is 4.74 Å². The van der Waals surface area contributed by atoms with Crippen LogP contribution in [0.3, 0.4) is 0 Å². The average Bonchev–Trinajstić information content (AvgIpc) is 2.33. The first-order valence-electron chi connectivity index (χ1n) is 3.23. The van der Waals surface area contributed by atoms with E-state index in [0.29, 0.717) is 12.0 Å². The highest BCUT2D eigenvalue weighted by Crippen LogP contribution is 2.12. The van der Waals surface area contributed by atoms with Crippen LogP contribution < -0.4 is 5.32 Å². The molecule has 1 heterocycles. The fourth-order valence-electron chi connectivity index (χ4n) is 1.17. The number of methoxy groups -OCH3 is 1. The van der Waals surface area contributed by atoms with Gasteiger partial charge in [0, 0.05) is 26.1 Å². The van der Waals surface area contributed by atoms with E-state index in [0.717, 1.165) is 18.8 Å². The molecule has 0 aromatic heterocycles. The van der Waals surface area contributed by atoms with Gasteiger partial charge >= 0.3 is 0 Å². The van der Waals surface area contributed by atoms with E-state index < -0.39 is 0 Å². The van der Waals surface area contributed by atoms with Gasteiger partial charge in [0.1, 0.15) is 0 Å². The summed E-state index contributed by atoms with van der Waals surface area (Å²) in [7, 11) is 1.76. The van der Waals surface area contributed by atoms with Crippen molar-refractivity contribution >= 4 is 12.6 Å². The van der Waals surface area contributed by atoms with Crippen LogP contribution >= 0.6 is 12.6 Å². The molecule has 2 nitrogen and oxygen atoms in total. The summed E-state index contributed by atoms with van der Waals surface area (Å²) in [5.41, 5.74) is 0. The van der Waals surface area contributed by atoms with E-state index in [4.69, 9.17) is 4.74 Å². The molecule has 1 rings (SSSR count). The van der Waals surface area contributed by atoms with Crippen LogP contribution in [-0.4, -0.2) is 32.1 Å². The van der Waals surface area contributed by atoms with Gasteiger partial charge in [-0.25, -0.2) is 0 Å². The zero-order valence-corrected chi connectivity index (χ0v) is 6.53. The normalized spacial score (nSPS) is 35.3. The highest BCUT2D eigenvalue weighted by molar-refractivity contribution is 7.80. The van der Waals surface area contributed by atoms with Gasteiger partial charge in [0.25, 0.3) is 0 Å². The van der Waals surface area contributed by atoms with Gasteiger partial charge in [0.2, 0.25) is 0 Å². The van der Waals surface area contributed by atoms with Crippen LogP contribution in [0.25, 0.3) is 0 Å². The van der Waals surface area contributed by atoms with Crippen LogP contribution in [-0.2, 0) is 4.74 Å². The predicted molar refractivity (Wildman–Crippen MR) is 41.0 cm³/mol. The van der Waals surface area contributed by atoms with Gasteiger partial charge in [0.15, 0.2) is 0 Å². The SMILES string of the molecule is COC1CNCC1CS. The van der Waals surface area contributed by atoms with Gasteiger partial charge in [-0.05, 0) is 5.75 Å². The maximum atomic E-state index is 5.20. The molecule has 3 heteroatoms. The van der Waals surface area contributed by atoms with Gasteiger partial charge in [-0.3, -0.25) is 0 Å². The molecule has 1 fully saturated rings. The van der Waals surface area contributed by atoms with Crippen LogP contribution in [0.5, 0.6) is 0 Å². The average molecular weight is 147 g/mol. The summed E-state index contributed by atoms with van der Waals surface area (Å²) in [6, 6.07) is 0. The molecule has 54 valence electrons. The minimum absolute atomic E-state index is 0.391. The van der Waals surface area contributed by atoms with Crippen molar-refractivity contribution in [1.29, 1.82) is 0 Å². The molecule has 1 aliphatic heterocycles. The summed E-state index contributed by atoms with van der Waals surface area (Å²) in [6.07, 6.45) is 0.391.